The Balaban J connectivity index is 1.97. The smallest absolute Gasteiger partial charge is 0.269 e. The standard InChI is InChI=1S/C19H21Cl2N3O2/c1-19(2,3)24-17(25)13-7-8-22-16(10-13)18(26)23-9-6-12-4-5-14(20)11-15(12)21/h4-5,7-8,10-11H,6,9H2,1-3H3,(H,23,26)(H,24,25). The Bertz CT molecular complexity index is 817. The fraction of sp³-hybridized carbons (Fsp3) is 0.316. The number of pyridine rings is 1. The van der Waals surface area contributed by atoms with Crippen LogP contribution in [-0.2, 0) is 6.42 Å². The van der Waals surface area contributed by atoms with Gasteiger partial charge in [-0.25, -0.2) is 0 Å². The third-order valence-electron chi connectivity index (χ3n) is 3.44. The molecule has 2 aromatic rings. The Morgan fingerprint density at radius 2 is 1.81 bits per heavy atom. The van der Waals surface area contributed by atoms with E-state index in [4.69, 9.17) is 23.2 Å². The van der Waals surface area contributed by atoms with Crippen molar-refractivity contribution in [1.82, 2.24) is 15.6 Å². The van der Waals surface area contributed by atoms with Crippen LogP contribution in [0.1, 0.15) is 47.2 Å². The Morgan fingerprint density at radius 3 is 2.46 bits per heavy atom. The maximum absolute atomic E-state index is 12.3. The molecule has 0 fully saturated rings. The van der Waals surface area contributed by atoms with E-state index in [0.29, 0.717) is 28.6 Å². The minimum Gasteiger partial charge on any atom is -0.350 e. The third kappa shape index (κ3) is 6.00. The van der Waals surface area contributed by atoms with E-state index in [0.717, 1.165) is 5.56 Å². The maximum atomic E-state index is 12.3. The van der Waals surface area contributed by atoms with E-state index in [1.807, 2.05) is 26.8 Å². The topological polar surface area (TPSA) is 71.1 Å². The summed E-state index contributed by atoms with van der Waals surface area (Å²) in [5.41, 5.74) is 1.11. The second-order valence-corrected chi connectivity index (χ2v) is 7.72. The molecule has 1 heterocycles. The normalized spacial score (nSPS) is 11.1. The number of aromatic nitrogens is 1. The summed E-state index contributed by atoms with van der Waals surface area (Å²) in [4.78, 5) is 28.5. The van der Waals surface area contributed by atoms with Crippen LogP contribution >= 0.6 is 23.2 Å². The summed E-state index contributed by atoms with van der Waals surface area (Å²) in [6.07, 6.45) is 2.01. The molecule has 0 saturated heterocycles. The number of hydrogen-bond donors (Lipinski definition) is 2. The second kappa shape index (κ2) is 8.52. The first-order chi connectivity index (χ1) is 12.2. The van der Waals surface area contributed by atoms with Gasteiger partial charge in [-0.2, -0.15) is 0 Å². The van der Waals surface area contributed by atoms with Crippen LogP contribution < -0.4 is 10.6 Å². The molecule has 1 aromatic heterocycles. The minimum atomic E-state index is -0.360. The van der Waals surface area contributed by atoms with Crippen molar-refractivity contribution in [3.8, 4) is 0 Å². The van der Waals surface area contributed by atoms with Crippen LogP contribution in [-0.4, -0.2) is 28.9 Å². The minimum absolute atomic E-state index is 0.189. The first kappa shape index (κ1) is 20.2. The lowest BCUT2D eigenvalue weighted by Crippen LogP contribution is -2.40. The quantitative estimate of drug-likeness (QED) is 0.808. The highest BCUT2D eigenvalue weighted by molar-refractivity contribution is 6.35. The molecule has 2 rings (SSSR count). The summed E-state index contributed by atoms with van der Waals surface area (Å²) in [7, 11) is 0. The molecule has 7 heteroatoms. The van der Waals surface area contributed by atoms with Crippen molar-refractivity contribution in [3.63, 3.8) is 0 Å². The number of hydrogen-bond acceptors (Lipinski definition) is 3. The number of halogens is 2. The summed E-state index contributed by atoms with van der Waals surface area (Å²) in [5.74, 6) is -0.595. The molecule has 2 N–H and O–H groups in total. The molecule has 0 radical (unpaired) electrons. The molecule has 138 valence electrons. The van der Waals surface area contributed by atoms with Gasteiger partial charge in [0, 0.05) is 33.9 Å². The van der Waals surface area contributed by atoms with Crippen molar-refractivity contribution in [2.24, 2.45) is 0 Å². The van der Waals surface area contributed by atoms with Gasteiger partial charge in [0.25, 0.3) is 11.8 Å². The summed E-state index contributed by atoms with van der Waals surface area (Å²) in [6, 6.07) is 8.30. The number of benzene rings is 1. The first-order valence-corrected chi connectivity index (χ1v) is 8.92. The summed E-state index contributed by atoms with van der Waals surface area (Å²) in [6.45, 7) is 6.06. The summed E-state index contributed by atoms with van der Waals surface area (Å²) >= 11 is 12.0. The molecule has 0 aliphatic rings. The Morgan fingerprint density at radius 1 is 1.08 bits per heavy atom. The van der Waals surface area contributed by atoms with Gasteiger partial charge in [0.1, 0.15) is 5.69 Å². The molecule has 1 aromatic carbocycles. The maximum Gasteiger partial charge on any atom is 0.269 e. The number of carbonyl (C=O) groups excluding carboxylic acids is 2. The second-order valence-electron chi connectivity index (χ2n) is 6.88. The lowest BCUT2D eigenvalue weighted by Gasteiger charge is -2.20. The zero-order valence-electron chi connectivity index (χ0n) is 14.9. The number of nitrogens with one attached hydrogen (secondary N) is 2. The van der Waals surface area contributed by atoms with Gasteiger partial charge in [0.05, 0.1) is 0 Å². The van der Waals surface area contributed by atoms with Gasteiger partial charge < -0.3 is 10.6 Å². The van der Waals surface area contributed by atoms with Gasteiger partial charge >= 0.3 is 0 Å². The van der Waals surface area contributed by atoms with Crippen LogP contribution in [0.4, 0.5) is 0 Å². The van der Waals surface area contributed by atoms with Crippen molar-refractivity contribution < 1.29 is 9.59 Å². The van der Waals surface area contributed by atoms with Gasteiger partial charge in [0.2, 0.25) is 0 Å². The molecule has 5 nitrogen and oxygen atoms in total. The number of amides is 2. The van der Waals surface area contributed by atoms with Gasteiger partial charge in [-0.15, -0.1) is 0 Å². The summed E-state index contributed by atoms with van der Waals surface area (Å²) < 4.78 is 0. The number of carbonyl (C=O) groups is 2. The number of rotatable bonds is 5. The highest BCUT2D eigenvalue weighted by Crippen LogP contribution is 2.21. The lowest BCUT2D eigenvalue weighted by atomic mass is 10.1. The van der Waals surface area contributed by atoms with Gasteiger partial charge in [-0.3, -0.25) is 14.6 Å². The first-order valence-electron chi connectivity index (χ1n) is 8.16. The molecule has 0 aliphatic carbocycles. The van der Waals surface area contributed by atoms with Gasteiger partial charge in [-0.1, -0.05) is 29.3 Å². The Labute approximate surface area is 163 Å². The van der Waals surface area contributed by atoms with Crippen LogP contribution in [0.25, 0.3) is 0 Å². The van der Waals surface area contributed by atoms with E-state index < -0.39 is 0 Å². The highest BCUT2D eigenvalue weighted by atomic mass is 35.5. The molecule has 2 amide bonds. The van der Waals surface area contributed by atoms with E-state index in [2.05, 4.69) is 15.6 Å². The van der Waals surface area contributed by atoms with Crippen molar-refractivity contribution in [2.45, 2.75) is 32.7 Å². The van der Waals surface area contributed by atoms with Crippen LogP contribution in [0.5, 0.6) is 0 Å². The zero-order chi connectivity index (χ0) is 19.3. The lowest BCUT2D eigenvalue weighted by molar-refractivity contribution is 0.0919. The molecule has 0 aliphatic heterocycles. The molecular formula is C19H21Cl2N3O2. The summed E-state index contributed by atoms with van der Waals surface area (Å²) in [5, 5.41) is 6.76. The van der Waals surface area contributed by atoms with Gasteiger partial charge in [0.15, 0.2) is 0 Å². The molecule has 0 bridgehead atoms. The fourth-order valence-electron chi connectivity index (χ4n) is 2.23. The zero-order valence-corrected chi connectivity index (χ0v) is 16.4. The van der Waals surface area contributed by atoms with Crippen molar-refractivity contribution in [2.75, 3.05) is 6.54 Å². The molecule has 0 unspecified atom stereocenters. The van der Waals surface area contributed by atoms with E-state index in [1.54, 1.807) is 18.2 Å². The third-order valence-corrected chi connectivity index (χ3v) is 4.03. The number of nitrogens with zero attached hydrogens (tertiary/aromatic N) is 1. The van der Waals surface area contributed by atoms with Gasteiger partial charge in [-0.05, 0) is 57.0 Å². The molecule has 0 saturated carbocycles. The van der Waals surface area contributed by atoms with Crippen LogP contribution in [0.3, 0.4) is 0 Å². The largest absolute Gasteiger partial charge is 0.350 e. The molecule has 0 spiro atoms. The molecular weight excluding hydrogens is 373 g/mol. The Kier molecular flexibility index (Phi) is 6.62. The molecule has 0 atom stereocenters. The van der Waals surface area contributed by atoms with Crippen molar-refractivity contribution in [1.29, 1.82) is 0 Å². The van der Waals surface area contributed by atoms with E-state index >= 15 is 0 Å². The molecule has 26 heavy (non-hydrogen) atoms. The van der Waals surface area contributed by atoms with Crippen LogP contribution in [0, 0.1) is 0 Å². The van der Waals surface area contributed by atoms with Crippen molar-refractivity contribution in [3.05, 3.63) is 63.4 Å². The van der Waals surface area contributed by atoms with E-state index in [-0.39, 0.29) is 23.0 Å². The average Bonchev–Trinajstić information content (AvgIpc) is 2.55. The van der Waals surface area contributed by atoms with Crippen LogP contribution in [0.2, 0.25) is 10.0 Å². The van der Waals surface area contributed by atoms with Crippen molar-refractivity contribution >= 4 is 35.0 Å². The average molecular weight is 394 g/mol. The monoisotopic (exact) mass is 393 g/mol. The predicted molar refractivity (Wildman–Crippen MR) is 104 cm³/mol. The van der Waals surface area contributed by atoms with E-state index in [1.165, 1.54) is 12.3 Å². The predicted octanol–water partition coefficient (Wildman–Crippen LogP) is 3.89. The fourth-order valence-corrected chi connectivity index (χ4v) is 2.74. The Hall–Kier alpha value is -2.11. The van der Waals surface area contributed by atoms with E-state index in [9.17, 15) is 9.59 Å². The SMILES string of the molecule is CC(C)(C)NC(=O)c1ccnc(C(=O)NCCc2ccc(Cl)cc2Cl)c1. The highest BCUT2D eigenvalue weighted by Gasteiger charge is 2.17. The van der Waals surface area contributed by atoms with Crippen LogP contribution in [0.15, 0.2) is 36.5 Å².